The Bertz CT molecular complexity index is 425. The third-order valence-corrected chi connectivity index (χ3v) is 4.87. The van der Waals surface area contributed by atoms with Crippen LogP contribution in [0.5, 0.6) is 0 Å². The molecule has 2 rings (SSSR count). The second-order valence-electron chi connectivity index (χ2n) is 6.35. The Labute approximate surface area is 131 Å². The fourth-order valence-electron chi connectivity index (χ4n) is 3.21. The first kappa shape index (κ1) is 15.8. The summed E-state index contributed by atoms with van der Waals surface area (Å²) in [7, 11) is 2.21. The molecule has 0 heterocycles. The molecule has 0 bridgehead atoms. The van der Waals surface area contributed by atoms with Gasteiger partial charge in [-0.3, -0.25) is 0 Å². The average molecular weight is 339 g/mol. The second kappa shape index (κ2) is 7.46. The molecule has 0 spiro atoms. The summed E-state index contributed by atoms with van der Waals surface area (Å²) in [5.41, 5.74) is 8.47. The molecule has 0 aromatic heterocycles. The summed E-state index contributed by atoms with van der Waals surface area (Å²) in [6, 6.07) is 6.87. The number of hydrogen-bond donors (Lipinski definition) is 1. The lowest BCUT2D eigenvalue weighted by Crippen LogP contribution is -2.27. The highest BCUT2D eigenvalue weighted by atomic mass is 79.9. The first-order valence-electron chi connectivity index (χ1n) is 7.81. The highest BCUT2D eigenvalue weighted by molar-refractivity contribution is 9.10. The monoisotopic (exact) mass is 338 g/mol. The first-order chi connectivity index (χ1) is 9.56. The number of nitrogens with two attached hydrogens (primary N) is 1. The molecule has 1 saturated carbocycles. The summed E-state index contributed by atoms with van der Waals surface area (Å²) in [4.78, 5) is 2.40. The van der Waals surface area contributed by atoms with E-state index >= 15 is 0 Å². The molecule has 0 aliphatic heterocycles. The maximum Gasteiger partial charge on any atom is 0.0508 e. The Morgan fingerprint density at radius 2 is 2.00 bits per heavy atom. The summed E-state index contributed by atoms with van der Waals surface area (Å²) in [5.74, 6) is 0.865. The van der Waals surface area contributed by atoms with Gasteiger partial charge in [-0.05, 0) is 65.7 Å². The molecule has 1 fully saturated rings. The SMILES string of the molecule is CC(N)Cc1ccc(N(C)CC2CCCCC2)c(Br)c1. The largest absolute Gasteiger partial charge is 0.373 e. The van der Waals surface area contributed by atoms with Crippen molar-refractivity contribution in [1.82, 2.24) is 0 Å². The third-order valence-electron chi connectivity index (χ3n) is 4.24. The van der Waals surface area contributed by atoms with E-state index in [4.69, 9.17) is 5.73 Å². The highest BCUT2D eigenvalue weighted by Gasteiger charge is 2.16. The molecule has 1 unspecified atom stereocenters. The minimum atomic E-state index is 0.215. The van der Waals surface area contributed by atoms with Crippen molar-refractivity contribution in [3.63, 3.8) is 0 Å². The van der Waals surface area contributed by atoms with Crippen molar-refractivity contribution in [2.24, 2.45) is 11.7 Å². The molecular weight excluding hydrogens is 312 g/mol. The van der Waals surface area contributed by atoms with Crippen LogP contribution < -0.4 is 10.6 Å². The molecule has 1 aliphatic rings. The minimum absolute atomic E-state index is 0.215. The van der Waals surface area contributed by atoms with Gasteiger partial charge in [0, 0.05) is 24.1 Å². The van der Waals surface area contributed by atoms with Crippen molar-refractivity contribution in [1.29, 1.82) is 0 Å². The number of anilines is 1. The van der Waals surface area contributed by atoms with E-state index in [0.29, 0.717) is 0 Å². The fraction of sp³-hybridized carbons (Fsp3) is 0.647. The molecule has 2 N–H and O–H groups in total. The normalized spacial score (nSPS) is 18.0. The van der Waals surface area contributed by atoms with E-state index in [1.807, 2.05) is 0 Å². The first-order valence-corrected chi connectivity index (χ1v) is 8.60. The lowest BCUT2D eigenvalue weighted by atomic mass is 9.89. The minimum Gasteiger partial charge on any atom is -0.373 e. The maximum atomic E-state index is 5.87. The van der Waals surface area contributed by atoms with Crippen molar-refractivity contribution >= 4 is 21.6 Å². The number of nitrogens with zero attached hydrogens (tertiary/aromatic N) is 1. The van der Waals surface area contributed by atoms with E-state index in [1.165, 1.54) is 54.4 Å². The van der Waals surface area contributed by atoms with E-state index < -0.39 is 0 Å². The highest BCUT2D eigenvalue weighted by Crippen LogP contribution is 2.30. The summed E-state index contributed by atoms with van der Waals surface area (Å²) in [6.45, 7) is 3.22. The maximum absolute atomic E-state index is 5.87. The van der Waals surface area contributed by atoms with Crippen molar-refractivity contribution < 1.29 is 0 Å². The zero-order chi connectivity index (χ0) is 14.5. The van der Waals surface area contributed by atoms with Gasteiger partial charge in [-0.1, -0.05) is 25.3 Å². The molecule has 0 amide bonds. The van der Waals surface area contributed by atoms with Crippen LogP contribution in [-0.2, 0) is 6.42 Å². The molecule has 1 atom stereocenters. The van der Waals surface area contributed by atoms with Gasteiger partial charge in [0.15, 0.2) is 0 Å². The lowest BCUT2D eigenvalue weighted by Gasteiger charge is -2.29. The van der Waals surface area contributed by atoms with E-state index in [-0.39, 0.29) is 6.04 Å². The van der Waals surface area contributed by atoms with Gasteiger partial charge in [-0.25, -0.2) is 0 Å². The van der Waals surface area contributed by atoms with Crippen molar-refractivity contribution in [2.75, 3.05) is 18.5 Å². The molecule has 2 nitrogen and oxygen atoms in total. The summed E-state index contributed by atoms with van der Waals surface area (Å²) >= 11 is 3.72. The Kier molecular flexibility index (Phi) is 5.91. The zero-order valence-corrected chi connectivity index (χ0v) is 14.3. The van der Waals surface area contributed by atoms with E-state index in [1.54, 1.807) is 0 Å². The molecule has 20 heavy (non-hydrogen) atoms. The van der Waals surface area contributed by atoms with Crippen LogP contribution in [-0.4, -0.2) is 19.6 Å². The second-order valence-corrected chi connectivity index (χ2v) is 7.21. The van der Waals surface area contributed by atoms with Crippen molar-refractivity contribution in [3.8, 4) is 0 Å². The van der Waals surface area contributed by atoms with Gasteiger partial charge in [0.1, 0.15) is 0 Å². The molecule has 112 valence electrons. The molecule has 1 aromatic rings. The van der Waals surface area contributed by atoms with Gasteiger partial charge in [-0.15, -0.1) is 0 Å². The van der Waals surface area contributed by atoms with Crippen LogP contribution in [0.15, 0.2) is 22.7 Å². The fourth-order valence-corrected chi connectivity index (χ4v) is 3.94. The average Bonchev–Trinajstić information content (AvgIpc) is 2.39. The quantitative estimate of drug-likeness (QED) is 0.864. The molecule has 1 aromatic carbocycles. The van der Waals surface area contributed by atoms with E-state index in [9.17, 15) is 0 Å². The Morgan fingerprint density at radius 3 is 2.60 bits per heavy atom. The number of hydrogen-bond acceptors (Lipinski definition) is 2. The number of rotatable bonds is 5. The molecule has 0 saturated heterocycles. The summed E-state index contributed by atoms with van der Waals surface area (Å²) < 4.78 is 1.19. The van der Waals surface area contributed by atoms with Gasteiger partial charge >= 0.3 is 0 Å². The molecule has 1 aliphatic carbocycles. The zero-order valence-electron chi connectivity index (χ0n) is 12.7. The summed E-state index contributed by atoms with van der Waals surface area (Å²) in [5, 5.41) is 0. The summed E-state index contributed by atoms with van der Waals surface area (Å²) in [6.07, 6.45) is 7.97. The number of benzene rings is 1. The van der Waals surface area contributed by atoms with Crippen LogP contribution >= 0.6 is 15.9 Å². The van der Waals surface area contributed by atoms with Crippen LogP contribution in [0.1, 0.15) is 44.6 Å². The van der Waals surface area contributed by atoms with Gasteiger partial charge in [0.2, 0.25) is 0 Å². The van der Waals surface area contributed by atoms with Crippen LogP contribution in [0.2, 0.25) is 0 Å². The number of halogens is 1. The van der Waals surface area contributed by atoms with Crippen molar-refractivity contribution in [2.45, 2.75) is 51.5 Å². The predicted molar refractivity (Wildman–Crippen MR) is 91.3 cm³/mol. The predicted octanol–water partition coefficient (Wildman–Crippen LogP) is 4.36. The van der Waals surface area contributed by atoms with E-state index in [0.717, 1.165) is 12.3 Å². The van der Waals surface area contributed by atoms with Gasteiger partial charge in [0.05, 0.1) is 5.69 Å². The van der Waals surface area contributed by atoms with Crippen LogP contribution in [0.25, 0.3) is 0 Å². The molecular formula is C17H27BrN2. The van der Waals surface area contributed by atoms with E-state index in [2.05, 4.69) is 53.0 Å². The lowest BCUT2D eigenvalue weighted by molar-refractivity contribution is 0.362. The van der Waals surface area contributed by atoms with Crippen LogP contribution in [0.4, 0.5) is 5.69 Å². The standard InChI is InChI=1S/C17H27BrN2/c1-13(19)10-15-8-9-17(16(18)11-15)20(2)12-14-6-4-3-5-7-14/h8-9,11,13-14H,3-7,10,12,19H2,1-2H3. The van der Waals surface area contributed by atoms with Gasteiger partial charge in [0.25, 0.3) is 0 Å². The molecule has 0 radical (unpaired) electrons. The van der Waals surface area contributed by atoms with Gasteiger partial charge in [-0.2, -0.15) is 0 Å². The van der Waals surface area contributed by atoms with Crippen molar-refractivity contribution in [3.05, 3.63) is 28.2 Å². The topological polar surface area (TPSA) is 29.3 Å². The molecule has 3 heteroatoms. The van der Waals surface area contributed by atoms with Crippen LogP contribution in [0, 0.1) is 5.92 Å². The smallest absolute Gasteiger partial charge is 0.0508 e. The Balaban J connectivity index is 2.00. The Morgan fingerprint density at radius 1 is 1.30 bits per heavy atom. The van der Waals surface area contributed by atoms with Crippen LogP contribution in [0.3, 0.4) is 0 Å². The third kappa shape index (κ3) is 4.49. The Hall–Kier alpha value is -0.540. The van der Waals surface area contributed by atoms with Gasteiger partial charge < -0.3 is 10.6 Å².